The van der Waals surface area contributed by atoms with Crippen molar-refractivity contribution in [3.63, 3.8) is 0 Å². The number of hydrogen-bond acceptors (Lipinski definition) is 6. The van der Waals surface area contributed by atoms with Gasteiger partial charge in [-0.1, -0.05) is 5.16 Å². The molecule has 26 heavy (non-hydrogen) atoms. The van der Waals surface area contributed by atoms with E-state index in [-0.39, 0.29) is 17.7 Å². The molecule has 2 saturated heterocycles. The number of aromatic nitrogens is 2. The van der Waals surface area contributed by atoms with Gasteiger partial charge in [-0.25, -0.2) is 4.79 Å². The molecule has 2 fully saturated rings. The standard InChI is InChI=1S/C18H30N4O4/c1-13(2)19-17(23)22-7-5-18(6-8-22)11-14(4-9-25-18)10-16-20-15(12-24-3)21-26-16/h13-14H,4-12H2,1-3H3,(H,19,23). The number of nitrogens with zero attached hydrogens (tertiary/aromatic N) is 3. The van der Waals surface area contributed by atoms with Gasteiger partial charge in [-0.2, -0.15) is 4.98 Å². The minimum atomic E-state index is -0.118. The summed E-state index contributed by atoms with van der Waals surface area (Å²) in [6.45, 7) is 6.56. The number of methoxy groups -OCH3 is 1. The number of nitrogens with one attached hydrogen (secondary N) is 1. The van der Waals surface area contributed by atoms with E-state index in [0.717, 1.165) is 51.8 Å². The van der Waals surface area contributed by atoms with E-state index < -0.39 is 0 Å². The maximum Gasteiger partial charge on any atom is 0.317 e. The summed E-state index contributed by atoms with van der Waals surface area (Å²) in [5, 5.41) is 6.90. The molecule has 0 radical (unpaired) electrons. The fraction of sp³-hybridized carbons (Fsp3) is 0.833. The molecule has 1 aromatic heterocycles. The largest absolute Gasteiger partial charge is 0.377 e. The second kappa shape index (κ2) is 8.35. The number of hydrogen-bond donors (Lipinski definition) is 1. The Morgan fingerprint density at radius 3 is 2.88 bits per heavy atom. The van der Waals surface area contributed by atoms with Crippen LogP contribution in [0.3, 0.4) is 0 Å². The Bertz CT molecular complexity index is 596. The number of likely N-dealkylation sites (tertiary alicyclic amines) is 1. The Balaban J connectivity index is 1.52. The highest BCUT2D eigenvalue weighted by Crippen LogP contribution is 2.38. The van der Waals surface area contributed by atoms with Gasteiger partial charge in [0.15, 0.2) is 5.82 Å². The van der Waals surface area contributed by atoms with Gasteiger partial charge in [0.05, 0.1) is 5.60 Å². The summed E-state index contributed by atoms with van der Waals surface area (Å²) in [6, 6.07) is 0.185. The normalized spacial score (nSPS) is 22.8. The SMILES string of the molecule is COCc1noc(CC2CCOC3(CCN(C(=O)NC(C)C)CC3)C2)n1. The number of piperidine rings is 1. The van der Waals surface area contributed by atoms with Gasteiger partial charge in [-0.05, 0) is 45.4 Å². The zero-order valence-electron chi connectivity index (χ0n) is 16.0. The predicted molar refractivity (Wildman–Crippen MR) is 94.6 cm³/mol. The summed E-state index contributed by atoms with van der Waals surface area (Å²) in [6.07, 6.45) is 4.52. The molecule has 0 aromatic carbocycles. The summed E-state index contributed by atoms with van der Waals surface area (Å²) >= 11 is 0. The number of urea groups is 1. The number of ether oxygens (including phenoxy) is 2. The number of amides is 2. The van der Waals surface area contributed by atoms with E-state index in [9.17, 15) is 4.79 Å². The lowest BCUT2D eigenvalue weighted by molar-refractivity contribution is -0.123. The highest BCUT2D eigenvalue weighted by Gasteiger charge is 2.41. The highest BCUT2D eigenvalue weighted by molar-refractivity contribution is 5.74. The molecule has 1 spiro atoms. The molecule has 146 valence electrons. The lowest BCUT2D eigenvalue weighted by Crippen LogP contribution is -2.53. The van der Waals surface area contributed by atoms with Crippen molar-refractivity contribution in [3.05, 3.63) is 11.7 Å². The van der Waals surface area contributed by atoms with Gasteiger partial charge in [0.2, 0.25) is 5.89 Å². The lowest BCUT2D eigenvalue weighted by atomic mass is 9.78. The molecule has 8 heteroatoms. The van der Waals surface area contributed by atoms with E-state index in [4.69, 9.17) is 14.0 Å². The van der Waals surface area contributed by atoms with Crippen LogP contribution >= 0.6 is 0 Å². The summed E-state index contributed by atoms with van der Waals surface area (Å²) in [4.78, 5) is 18.5. The molecule has 1 aromatic rings. The van der Waals surface area contributed by atoms with Crippen molar-refractivity contribution in [1.82, 2.24) is 20.4 Å². The maximum atomic E-state index is 12.2. The molecule has 1 atom stereocenters. The Kier molecular flexibility index (Phi) is 6.13. The maximum absolute atomic E-state index is 12.2. The van der Waals surface area contributed by atoms with E-state index in [1.54, 1.807) is 7.11 Å². The first-order valence-corrected chi connectivity index (χ1v) is 9.49. The fourth-order valence-corrected chi connectivity index (χ4v) is 3.92. The first-order valence-electron chi connectivity index (χ1n) is 9.49. The summed E-state index contributed by atoms with van der Waals surface area (Å²) in [7, 11) is 1.62. The van der Waals surface area contributed by atoms with Crippen LogP contribution in [-0.4, -0.2) is 59.5 Å². The van der Waals surface area contributed by atoms with Gasteiger partial charge in [0.1, 0.15) is 6.61 Å². The summed E-state index contributed by atoms with van der Waals surface area (Å²) < 4.78 is 16.6. The number of rotatable bonds is 5. The third-order valence-corrected chi connectivity index (χ3v) is 5.22. The summed E-state index contributed by atoms with van der Waals surface area (Å²) in [5.41, 5.74) is -0.118. The Labute approximate surface area is 154 Å². The van der Waals surface area contributed by atoms with Crippen LogP contribution in [0.5, 0.6) is 0 Å². The van der Waals surface area contributed by atoms with Gasteiger partial charge >= 0.3 is 6.03 Å². The third kappa shape index (κ3) is 4.73. The zero-order chi connectivity index (χ0) is 18.6. The van der Waals surface area contributed by atoms with Crippen molar-refractivity contribution in [2.75, 3.05) is 26.8 Å². The van der Waals surface area contributed by atoms with Crippen molar-refractivity contribution in [2.24, 2.45) is 5.92 Å². The Morgan fingerprint density at radius 2 is 2.19 bits per heavy atom. The van der Waals surface area contributed by atoms with Crippen molar-refractivity contribution >= 4 is 6.03 Å². The first-order chi connectivity index (χ1) is 12.5. The van der Waals surface area contributed by atoms with E-state index in [0.29, 0.717) is 24.2 Å². The van der Waals surface area contributed by atoms with E-state index in [1.807, 2.05) is 18.7 Å². The minimum Gasteiger partial charge on any atom is -0.377 e. The van der Waals surface area contributed by atoms with E-state index in [2.05, 4.69) is 15.5 Å². The average molecular weight is 366 g/mol. The van der Waals surface area contributed by atoms with Crippen LogP contribution in [0.2, 0.25) is 0 Å². The highest BCUT2D eigenvalue weighted by atomic mass is 16.5. The van der Waals surface area contributed by atoms with Crippen molar-refractivity contribution in [2.45, 2.75) is 64.2 Å². The minimum absolute atomic E-state index is 0.0266. The molecular formula is C18H30N4O4. The van der Waals surface area contributed by atoms with E-state index in [1.165, 1.54) is 0 Å². The van der Waals surface area contributed by atoms with Crippen molar-refractivity contribution < 1.29 is 18.8 Å². The van der Waals surface area contributed by atoms with Crippen LogP contribution in [-0.2, 0) is 22.5 Å². The molecule has 0 bridgehead atoms. The molecule has 3 rings (SSSR count). The molecular weight excluding hydrogens is 336 g/mol. The van der Waals surface area contributed by atoms with Crippen molar-refractivity contribution in [3.8, 4) is 0 Å². The smallest absolute Gasteiger partial charge is 0.317 e. The molecule has 1 unspecified atom stereocenters. The molecule has 8 nitrogen and oxygen atoms in total. The molecule has 0 aliphatic carbocycles. The van der Waals surface area contributed by atoms with Gasteiger partial charge in [0, 0.05) is 39.3 Å². The molecule has 2 amide bonds. The van der Waals surface area contributed by atoms with Gasteiger partial charge in [-0.15, -0.1) is 0 Å². The second-order valence-corrected chi connectivity index (χ2v) is 7.72. The Hall–Kier alpha value is -1.67. The number of carbonyl (C=O) groups is 1. The molecule has 2 aliphatic heterocycles. The van der Waals surface area contributed by atoms with Crippen molar-refractivity contribution in [1.29, 1.82) is 0 Å². The monoisotopic (exact) mass is 366 g/mol. The van der Waals surface area contributed by atoms with Gasteiger partial charge < -0.3 is 24.2 Å². The fourth-order valence-electron chi connectivity index (χ4n) is 3.92. The topological polar surface area (TPSA) is 89.7 Å². The lowest BCUT2D eigenvalue weighted by Gasteiger charge is -2.46. The predicted octanol–water partition coefficient (Wildman–Crippen LogP) is 2.14. The average Bonchev–Trinajstić information content (AvgIpc) is 3.02. The molecule has 0 saturated carbocycles. The molecule has 2 aliphatic rings. The number of carbonyl (C=O) groups excluding carboxylic acids is 1. The molecule has 3 heterocycles. The van der Waals surface area contributed by atoms with Gasteiger partial charge in [0.25, 0.3) is 0 Å². The molecule has 1 N–H and O–H groups in total. The zero-order valence-corrected chi connectivity index (χ0v) is 16.0. The van der Waals surface area contributed by atoms with Crippen LogP contribution in [0.4, 0.5) is 4.79 Å². The van der Waals surface area contributed by atoms with Crippen LogP contribution in [0, 0.1) is 5.92 Å². The quantitative estimate of drug-likeness (QED) is 0.859. The van der Waals surface area contributed by atoms with Crippen LogP contribution in [0.25, 0.3) is 0 Å². The Morgan fingerprint density at radius 1 is 1.42 bits per heavy atom. The van der Waals surface area contributed by atoms with E-state index >= 15 is 0 Å². The second-order valence-electron chi connectivity index (χ2n) is 7.72. The van der Waals surface area contributed by atoms with Crippen LogP contribution in [0.15, 0.2) is 4.52 Å². The summed E-state index contributed by atoms with van der Waals surface area (Å²) in [5.74, 6) is 1.73. The van der Waals surface area contributed by atoms with Gasteiger partial charge in [-0.3, -0.25) is 0 Å². The third-order valence-electron chi connectivity index (χ3n) is 5.22. The van der Waals surface area contributed by atoms with Crippen LogP contribution in [0.1, 0.15) is 51.2 Å². The first kappa shape index (κ1) is 19.1. The van der Waals surface area contributed by atoms with Crippen LogP contribution < -0.4 is 5.32 Å².